The molecule has 0 aliphatic carbocycles. The van der Waals surface area contributed by atoms with Crippen LogP contribution in [0.2, 0.25) is 0 Å². The second-order valence-electron chi connectivity index (χ2n) is 13.5. The minimum atomic E-state index is 0.529. The highest BCUT2D eigenvalue weighted by Gasteiger charge is 2.20. The molecule has 8 nitrogen and oxygen atoms in total. The molecule has 0 fully saturated rings. The summed E-state index contributed by atoms with van der Waals surface area (Å²) < 4.78 is 6.44. The first-order valence-corrected chi connectivity index (χ1v) is 18.4. The lowest BCUT2D eigenvalue weighted by molar-refractivity contribution is 0.669. The Kier molecular flexibility index (Phi) is 8.36. The van der Waals surface area contributed by atoms with Gasteiger partial charge in [0.25, 0.3) is 0 Å². The van der Waals surface area contributed by atoms with Gasteiger partial charge < -0.3 is 4.42 Å². The topological polar surface area (TPSA) is 114 Å². The van der Waals surface area contributed by atoms with E-state index in [9.17, 15) is 5.26 Å². The lowest BCUT2D eigenvalue weighted by atomic mass is 10.0. The number of hydrogen-bond acceptors (Lipinski definition) is 8. The minimum absolute atomic E-state index is 0.529. The van der Waals surface area contributed by atoms with Gasteiger partial charge in [0.2, 0.25) is 0 Å². The summed E-state index contributed by atoms with van der Waals surface area (Å²) in [6.45, 7) is 0. The number of benzene rings is 7. The Morgan fingerprint density at radius 3 is 1.28 bits per heavy atom. The molecule has 0 bridgehead atoms. The van der Waals surface area contributed by atoms with Crippen LogP contribution in [0.1, 0.15) is 5.56 Å². The van der Waals surface area contributed by atoms with Crippen molar-refractivity contribution in [2.75, 3.05) is 0 Å². The zero-order chi connectivity index (χ0) is 38.1. The second-order valence-corrected chi connectivity index (χ2v) is 13.5. The monoisotopic (exact) mass is 731 g/mol. The van der Waals surface area contributed by atoms with E-state index in [1.54, 1.807) is 0 Å². The van der Waals surface area contributed by atoms with Gasteiger partial charge in [-0.05, 0) is 47.5 Å². The average molecular weight is 732 g/mol. The molecule has 0 aliphatic rings. The zero-order valence-corrected chi connectivity index (χ0v) is 30.3. The van der Waals surface area contributed by atoms with E-state index in [1.165, 1.54) is 0 Å². The van der Waals surface area contributed by atoms with Crippen LogP contribution in [0, 0.1) is 11.3 Å². The molecule has 0 radical (unpaired) electrons. The summed E-state index contributed by atoms with van der Waals surface area (Å²) in [4.78, 5) is 30.0. The fourth-order valence-corrected chi connectivity index (χ4v) is 6.98. The van der Waals surface area contributed by atoms with Gasteiger partial charge >= 0.3 is 0 Å². The van der Waals surface area contributed by atoms with Crippen molar-refractivity contribution in [3.8, 4) is 85.5 Å². The first kappa shape index (κ1) is 33.4. The third-order valence-corrected chi connectivity index (χ3v) is 9.85. The number of hydrogen-bond donors (Lipinski definition) is 0. The Hall–Kier alpha value is -8.15. The Morgan fingerprint density at radius 2 is 0.772 bits per heavy atom. The third kappa shape index (κ3) is 6.45. The smallest absolute Gasteiger partial charge is 0.164 e. The highest BCUT2D eigenvalue weighted by Crippen LogP contribution is 2.38. The molecule has 0 atom stereocenters. The standard InChI is InChI=1S/C49H29N7O/c50-30-31-19-21-32(22-20-31)33-23-25-37(26-24-33)47-51-44(34-11-4-1-5-12-34)53-48(54-47)38-27-28-41-40(29-38)43-39(17-10-18-42(43)57-41)49-55-45(35-13-6-2-7-14-35)52-46(56-49)36-15-8-3-9-16-36/h1-29H. The molecular formula is C49H29N7O. The van der Waals surface area contributed by atoms with E-state index in [2.05, 4.69) is 12.1 Å². The van der Waals surface area contributed by atoms with Crippen LogP contribution < -0.4 is 0 Å². The van der Waals surface area contributed by atoms with Crippen molar-refractivity contribution in [3.05, 3.63) is 181 Å². The molecule has 3 heterocycles. The van der Waals surface area contributed by atoms with Crippen LogP contribution in [0.5, 0.6) is 0 Å². The number of aromatic nitrogens is 6. The first-order valence-electron chi connectivity index (χ1n) is 18.4. The molecule has 0 spiro atoms. The van der Waals surface area contributed by atoms with Crippen molar-refractivity contribution in [1.82, 2.24) is 29.9 Å². The van der Waals surface area contributed by atoms with E-state index in [1.807, 2.05) is 170 Å². The van der Waals surface area contributed by atoms with Crippen molar-refractivity contribution in [1.29, 1.82) is 5.26 Å². The molecule has 57 heavy (non-hydrogen) atoms. The van der Waals surface area contributed by atoms with E-state index in [4.69, 9.17) is 34.3 Å². The molecule has 0 saturated carbocycles. The van der Waals surface area contributed by atoms with Gasteiger partial charge in [0, 0.05) is 44.2 Å². The summed E-state index contributed by atoms with van der Waals surface area (Å²) in [5, 5.41) is 11.0. The number of fused-ring (bicyclic) bond motifs is 3. The van der Waals surface area contributed by atoms with Crippen molar-refractivity contribution in [3.63, 3.8) is 0 Å². The molecule has 0 saturated heterocycles. The van der Waals surface area contributed by atoms with E-state index >= 15 is 0 Å². The van der Waals surface area contributed by atoms with Crippen molar-refractivity contribution < 1.29 is 4.42 Å². The average Bonchev–Trinajstić information content (AvgIpc) is 3.68. The van der Waals surface area contributed by atoms with Gasteiger partial charge in [0.05, 0.1) is 11.6 Å². The molecule has 8 heteroatoms. The third-order valence-electron chi connectivity index (χ3n) is 9.85. The van der Waals surface area contributed by atoms with Crippen LogP contribution in [0.15, 0.2) is 180 Å². The van der Waals surface area contributed by atoms with E-state index < -0.39 is 0 Å². The van der Waals surface area contributed by atoms with E-state index in [0.29, 0.717) is 46.1 Å². The van der Waals surface area contributed by atoms with Gasteiger partial charge in [-0.2, -0.15) is 5.26 Å². The Labute approximate surface area is 327 Å². The SMILES string of the molecule is N#Cc1ccc(-c2ccc(-c3nc(-c4ccccc4)nc(-c4ccc5oc6cccc(-c7nc(-c8ccccc8)nc(-c8ccccc8)n7)c6c5c4)n3)cc2)cc1. The van der Waals surface area contributed by atoms with Gasteiger partial charge in [0.1, 0.15) is 11.2 Å². The highest BCUT2D eigenvalue weighted by molar-refractivity contribution is 6.12. The summed E-state index contributed by atoms with van der Waals surface area (Å²) in [5.74, 6) is 3.36. The van der Waals surface area contributed by atoms with Crippen LogP contribution in [0.4, 0.5) is 0 Å². The van der Waals surface area contributed by atoms with Gasteiger partial charge in [-0.1, -0.05) is 140 Å². The summed E-state index contributed by atoms with van der Waals surface area (Å²) in [6.07, 6.45) is 0. The predicted octanol–water partition coefficient (Wildman–Crippen LogP) is 11.5. The van der Waals surface area contributed by atoms with Crippen LogP contribution >= 0.6 is 0 Å². The predicted molar refractivity (Wildman–Crippen MR) is 223 cm³/mol. The molecule has 7 aromatic carbocycles. The van der Waals surface area contributed by atoms with Crippen molar-refractivity contribution in [2.45, 2.75) is 0 Å². The fraction of sp³-hybridized carbons (Fsp3) is 0. The lowest BCUT2D eigenvalue weighted by Crippen LogP contribution is -2.00. The van der Waals surface area contributed by atoms with Gasteiger partial charge in [-0.3, -0.25) is 0 Å². The molecule has 0 amide bonds. The summed E-state index contributed by atoms with van der Waals surface area (Å²) in [5.41, 5.74) is 9.26. The van der Waals surface area contributed by atoms with Crippen molar-refractivity contribution in [2.24, 2.45) is 0 Å². The van der Waals surface area contributed by atoms with Crippen LogP contribution in [0.25, 0.3) is 101 Å². The maximum absolute atomic E-state index is 9.23. The molecule has 10 rings (SSSR count). The second kappa shape index (κ2) is 14.3. The molecule has 0 N–H and O–H groups in total. The number of nitrogens with zero attached hydrogens (tertiary/aromatic N) is 7. The van der Waals surface area contributed by atoms with E-state index in [-0.39, 0.29) is 0 Å². The minimum Gasteiger partial charge on any atom is -0.456 e. The van der Waals surface area contributed by atoms with Gasteiger partial charge in [-0.15, -0.1) is 0 Å². The van der Waals surface area contributed by atoms with Crippen LogP contribution in [0.3, 0.4) is 0 Å². The lowest BCUT2D eigenvalue weighted by Gasteiger charge is -2.10. The Morgan fingerprint density at radius 1 is 0.351 bits per heavy atom. The molecule has 0 aliphatic heterocycles. The Bertz CT molecular complexity index is 3050. The maximum Gasteiger partial charge on any atom is 0.164 e. The summed E-state index contributed by atoms with van der Waals surface area (Å²) in [7, 11) is 0. The number of furan rings is 1. The summed E-state index contributed by atoms with van der Waals surface area (Å²) >= 11 is 0. The fourth-order valence-electron chi connectivity index (χ4n) is 6.98. The molecular weight excluding hydrogens is 703 g/mol. The molecule has 266 valence electrons. The quantitative estimate of drug-likeness (QED) is 0.159. The highest BCUT2D eigenvalue weighted by atomic mass is 16.3. The van der Waals surface area contributed by atoms with Crippen LogP contribution in [-0.4, -0.2) is 29.9 Å². The maximum atomic E-state index is 9.23. The largest absolute Gasteiger partial charge is 0.456 e. The Balaban J connectivity index is 1.11. The van der Waals surface area contributed by atoms with Crippen LogP contribution in [-0.2, 0) is 0 Å². The molecule has 3 aromatic heterocycles. The molecule has 10 aromatic rings. The normalized spacial score (nSPS) is 11.1. The van der Waals surface area contributed by atoms with Gasteiger partial charge in [-0.25, -0.2) is 29.9 Å². The van der Waals surface area contributed by atoms with E-state index in [0.717, 1.165) is 60.9 Å². The first-order chi connectivity index (χ1) is 28.2. The van der Waals surface area contributed by atoms with Crippen molar-refractivity contribution >= 4 is 21.9 Å². The molecule has 0 unspecified atom stereocenters. The zero-order valence-electron chi connectivity index (χ0n) is 30.3. The number of rotatable bonds is 7. The van der Waals surface area contributed by atoms with Gasteiger partial charge in [0.15, 0.2) is 34.9 Å². The number of nitriles is 1. The summed E-state index contributed by atoms with van der Waals surface area (Å²) in [6, 6.07) is 59.6.